The van der Waals surface area contributed by atoms with Crippen molar-refractivity contribution < 1.29 is 65.2 Å². The molecule has 18 heteroatoms. The normalized spacial score (nSPS) is 12.2. The van der Waals surface area contributed by atoms with Crippen LogP contribution in [-0.4, -0.2) is 58.2 Å². The van der Waals surface area contributed by atoms with Crippen molar-refractivity contribution in [3.05, 3.63) is 83.9 Å². The molecule has 4 aromatic carbocycles. The lowest BCUT2D eigenvalue weighted by Gasteiger charge is -2.21. The summed E-state index contributed by atoms with van der Waals surface area (Å²) >= 11 is 0. The maximum Gasteiger partial charge on any atom is 0.416 e. The van der Waals surface area contributed by atoms with Crippen molar-refractivity contribution in [1.82, 2.24) is 0 Å². The monoisotopic (exact) mass is 746 g/mol. The van der Waals surface area contributed by atoms with Gasteiger partial charge in [0.1, 0.15) is 18.1 Å². The summed E-state index contributed by atoms with van der Waals surface area (Å²) in [6, 6.07) is 15.3. The predicted octanol–water partition coefficient (Wildman–Crippen LogP) is 5.65. The molecule has 0 N–H and O–H groups in total. The molecule has 0 atom stereocenters. The van der Waals surface area contributed by atoms with E-state index in [1.165, 1.54) is 74.9 Å². The predicted molar refractivity (Wildman–Crippen MR) is 173 cm³/mol. The minimum absolute atomic E-state index is 0.00167. The van der Waals surface area contributed by atoms with Gasteiger partial charge in [-0.25, -0.2) is 0 Å². The highest BCUT2D eigenvalue weighted by atomic mass is 32.2. The standard InChI is InChI=1S/C31H29F3O12S3/c1-41-27-17-24(20-8-13-23(14-9-20)44-47(3,35)36)29(42-2)30(46-49(5,39)40)28(27)21-10-15-25(26(16-21)45-48(4,37)38)43-18-19-6-11-22(12-7-19)31(32,33)34/h6-17H,18H2,1-5H3. The molecule has 49 heavy (non-hydrogen) atoms. The highest BCUT2D eigenvalue weighted by Crippen LogP contribution is 2.52. The molecule has 0 bridgehead atoms. The summed E-state index contributed by atoms with van der Waals surface area (Å²) in [7, 11) is -9.67. The first-order valence-electron chi connectivity index (χ1n) is 13.7. The maximum atomic E-state index is 13.0. The molecule has 0 aliphatic carbocycles. The van der Waals surface area contributed by atoms with Crippen molar-refractivity contribution in [2.75, 3.05) is 33.0 Å². The van der Waals surface area contributed by atoms with E-state index in [0.717, 1.165) is 30.9 Å². The van der Waals surface area contributed by atoms with E-state index in [2.05, 4.69) is 0 Å². The van der Waals surface area contributed by atoms with Crippen LogP contribution in [0.15, 0.2) is 72.8 Å². The van der Waals surface area contributed by atoms with Crippen LogP contribution in [0.25, 0.3) is 22.3 Å². The summed E-state index contributed by atoms with van der Waals surface area (Å²) < 4.78 is 144. The highest BCUT2D eigenvalue weighted by Gasteiger charge is 2.30. The van der Waals surface area contributed by atoms with Crippen LogP contribution in [0, 0.1) is 0 Å². The quantitative estimate of drug-likeness (QED) is 0.155. The van der Waals surface area contributed by atoms with Gasteiger partial charge in [-0.1, -0.05) is 30.3 Å². The van der Waals surface area contributed by atoms with Crippen LogP contribution in [0.4, 0.5) is 13.2 Å². The fraction of sp³-hybridized carbons (Fsp3) is 0.226. The molecule has 0 heterocycles. The van der Waals surface area contributed by atoms with E-state index in [1.54, 1.807) is 0 Å². The van der Waals surface area contributed by atoms with Crippen molar-refractivity contribution in [3.63, 3.8) is 0 Å². The van der Waals surface area contributed by atoms with E-state index in [9.17, 15) is 38.4 Å². The van der Waals surface area contributed by atoms with Crippen LogP contribution in [0.3, 0.4) is 0 Å². The summed E-state index contributed by atoms with van der Waals surface area (Å²) in [4.78, 5) is 0. The topological polar surface area (TPSA) is 158 Å². The van der Waals surface area contributed by atoms with Crippen molar-refractivity contribution >= 4 is 30.4 Å². The Labute approximate surface area is 281 Å². The second-order valence-electron chi connectivity index (χ2n) is 10.4. The third kappa shape index (κ3) is 9.93. The smallest absolute Gasteiger partial charge is 0.416 e. The third-order valence-corrected chi connectivity index (χ3v) is 7.87. The Morgan fingerprint density at radius 3 is 1.67 bits per heavy atom. The van der Waals surface area contributed by atoms with Crippen LogP contribution in [-0.2, 0) is 43.1 Å². The summed E-state index contributed by atoms with van der Waals surface area (Å²) in [5, 5.41) is 0. The molecule has 12 nitrogen and oxygen atoms in total. The van der Waals surface area contributed by atoms with Crippen LogP contribution in [0.1, 0.15) is 11.1 Å². The number of alkyl halides is 3. The molecule has 0 saturated carbocycles. The molecule has 0 aliphatic heterocycles. The van der Waals surface area contributed by atoms with Crippen molar-refractivity contribution in [3.8, 4) is 56.8 Å². The van der Waals surface area contributed by atoms with Gasteiger partial charge >= 0.3 is 36.5 Å². The highest BCUT2D eigenvalue weighted by molar-refractivity contribution is 7.86. The number of ether oxygens (including phenoxy) is 3. The number of hydrogen-bond acceptors (Lipinski definition) is 12. The summed E-state index contributed by atoms with van der Waals surface area (Å²) in [6.07, 6.45) is -2.08. The Hall–Kier alpha value is -4.68. The van der Waals surface area contributed by atoms with Gasteiger partial charge in [0.05, 0.1) is 44.1 Å². The molecule has 4 aromatic rings. The molecular weight excluding hydrogens is 718 g/mol. The van der Waals surface area contributed by atoms with E-state index < -0.39 is 42.1 Å². The zero-order valence-electron chi connectivity index (χ0n) is 26.4. The average molecular weight is 747 g/mol. The van der Waals surface area contributed by atoms with Gasteiger partial charge < -0.3 is 26.8 Å². The average Bonchev–Trinajstić information content (AvgIpc) is 2.97. The van der Waals surface area contributed by atoms with Crippen molar-refractivity contribution in [2.45, 2.75) is 12.8 Å². The van der Waals surface area contributed by atoms with Gasteiger partial charge in [0, 0.05) is 5.56 Å². The fourth-order valence-corrected chi connectivity index (χ4v) is 5.90. The molecule has 0 saturated heterocycles. The number of halogens is 3. The largest absolute Gasteiger partial charge is 0.496 e. The molecule has 0 unspecified atom stereocenters. The van der Waals surface area contributed by atoms with Gasteiger partial charge in [-0.15, -0.1) is 0 Å². The van der Waals surface area contributed by atoms with Crippen molar-refractivity contribution in [1.29, 1.82) is 0 Å². The van der Waals surface area contributed by atoms with E-state index in [0.29, 0.717) is 11.1 Å². The molecule has 0 aromatic heterocycles. The van der Waals surface area contributed by atoms with Gasteiger partial charge in [0.2, 0.25) is 0 Å². The van der Waals surface area contributed by atoms with Gasteiger partial charge in [-0.05, 0) is 59.2 Å². The number of benzene rings is 4. The Morgan fingerprint density at radius 2 is 1.16 bits per heavy atom. The van der Waals surface area contributed by atoms with E-state index >= 15 is 0 Å². The second-order valence-corrected chi connectivity index (χ2v) is 15.1. The zero-order valence-corrected chi connectivity index (χ0v) is 28.8. The summed E-state index contributed by atoms with van der Waals surface area (Å²) in [6.45, 7) is -0.264. The van der Waals surface area contributed by atoms with Gasteiger partial charge in [-0.2, -0.15) is 38.4 Å². The minimum Gasteiger partial charge on any atom is -0.496 e. The van der Waals surface area contributed by atoms with E-state index in [1.807, 2.05) is 0 Å². The molecule has 0 amide bonds. The summed E-state index contributed by atoms with van der Waals surface area (Å²) in [5.41, 5.74) is 0.271. The van der Waals surface area contributed by atoms with Crippen molar-refractivity contribution in [2.24, 2.45) is 0 Å². The number of hydrogen-bond donors (Lipinski definition) is 0. The number of rotatable bonds is 13. The van der Waals surface area contributed by atoms with Crippen LogP contribution >= 0.6 is 0 Å². The lowest BCUT2D eigenvalue weighted by atomic mass is 9.96. The van der Waals surface area contributed by atoms with Gasteiger partial charge in [0.25, 0.3) is 0 Å². The van der Waals surface area contributed by atoms with Crippen LogP contribution in [0.2, 0.25) is 0 Å². The minimum atomic E-state index is -4.53. The SMILES string of the molecule is COc1cc(-c2ccc(OS(C)(=O)=O)cc2)c(OC)c(OS(C)(=O)=O)c1-c1ccc(OCc2ccc(C(F)(F)F)cc2)c(OS(C)(=O)=O)c1. The Morgan fingerprint density at radius 1 is 0.592 bits per heavy atom. The summed E-state index contributed by atoms with van der Waals surface area (Å²) in [5.74, 6) is -0.844. The van der Waals surface area contributed by atoms with Gasteiger partial charge in [0.15, 0.2) is 23.0 Å². The molecule has 0 aliphatic rings. The second kappa shape index (κ2) is 14.0. The first-order valence-corrected chi connectivity index (χ1v) is 19.1. The lowest BCUT2D eigenvalue weighted by Crippen LogP contribution is -2.10. The van der Waals surface area contributed by atoms with Gasteiger partial charge in [-0.3, -0.25) is 0 Å². The Kier molecular flexibility index (Phi) is 10.6. The Bertz CT molecular complexity index is 2170. The Balaban J connectivity index is 1.86. The molecule has 4 rings (SSSR count). The zero-order chi connectivity index (χ0) is 36.4. The van der Waals surface area contributed by atoms with Crippen LogP contribution in [0.5, 0.6) is 34.5 Å². The number of methoxy groups -OCH3 is 2. The molecule has 0 spiro atoms. The fourth-order valence-electron chi connectivity index (χ4n) is 4.53. The lowest BCUT2D eigenvalue weighted by molar-refractivity contribution is -0.137. The van der Waals surface area contributed by atoms with E-state index in [4.69, 9.17) is 26.8 Å². The first-order chi connectivity index (χ1) is 22.7. The third-order valence-electron chi connectivity index (χ3n) is 6.42. The molecule has 0 fully saturated rings. The van der Waals surface area contributed by atoms with E-state index in [-0.39, 0.29) is 57.8 Å². The van der Waals surface area contributed by atoms with Crippen LogP contribution < -0.4 is 26.8 Å². The molecular formula is C31H29F3O12S3. The maximum absolute atomic E-state index is 13.0. The first kappa shape index (κ1) is 37.1. The molecule has 264 valence electrons. The molecule has 0 radical (unpaired) electrons.